The third-order valence-corrected chi connectivity index (χ3v) is 3.29. The van der Waals surface area contributed by atoms with Gasteiger partial charge in [-0.15, -0.1) is 0 Å². The minimum atomic E-state index is -0.601. The standard InChI is InChI=1S/C15H16N2O2.2C2H6/c1-4-10(5-2)8-11-9(3)6-7-17(11)13-12(16)14(18)15(13)19;2*1-2/h4,6-8H,1,5,16H2,2-3H3;2*1-2H3/b10-8+;;. The molecule has 0 amide bonds. The molecule has 0 aliphatic carbocycles. The second-order valence-electron chi connectivity index (χ2n) is 4.45. The van der Waals surface area contributed by atoms with Crippen molar-refractivity contribution in [1.29, 1.82) is 0 Å². The van der Waals surface area contributed by atoms with E-state index in [-0.39, 0.29) is 11.4 Å². The van der Waals surface area contributed by atoms with Gasteiger partial charge in [0.2, 0.25) is 0 Å². The molecule has 126 valence electrons. The molecule has 0 unspecified atom stereocenters. The van der Waals surface area contributed by atoms with Gasteiger partial charge in [-0.1, -0.05) is 47.3 Å². The quantitative estimate of drug-likeness (QED) is 0.685. The Kier molecular flexibility index (Phi) is 8.63. The van der Waals surface area contributed by atoms with Crippen molar-refractivity contribution in [3.63, 3.8) is 0 Å². The average molecular weight is 316 g/mol. The lowest BCUT2D eigenvalue weighted by molar-refractivity contribution is 1.02. The molecule has 4 nitrogen and oxygen atoms in total. The van der Waals surface area contributed by atoms with Gasteiger partial charge >= 0.3 is 0 Å². The summed E-state index contributed by atoms with van der Waals surface area (Å²) in [5.74, 6) is 0. The first-order chi connectivity index (χ1) is 11.0. The summed E-state index contributed by atoms with van der Waals surface area (Å²) in [6.45, 7) is 15.7. The monoisotopic (exact) mass is 316 g/mol. The Morgan fingerprint density at radius 3 is 2.22 bits per heavy atom. The predicted molar refractivity (Wildman–Crippen MR) is 101 cm³/mol. The van der Waals surface area contributed by atoms with Crippen molar-refractivity contribution in [2.75, 3.05) is 5.73 Å². The average Bonchev–Trinajstić information content (AvgIpc) is 2.96. The maximum atomic E-state index is 11.6. The Balaban J connectivity index is 0.00000112. The topological polar surface area (TPSA) is 65.1 Å². The van der Waals surface area contributed by atoms with Crippen LogP contribution in [0, 0.1) is 6.92 Å². The smallest absolute Gasteiger partial charge is 0.254 e. The maximum absolute atomic E-state index is 11.6. The zero-order valence-electron chi connectivity index (χ0n) is 15.1. The summed E-state index contributed by atoms with van der Waals surface area (Å²) in [5.41, 5.74) is 7.71. The molecule has 2 aromatic rings. The largest absolute Gasteiger partial charge is 0.394 e. The summed E-state index contributed by atoms with van der Waals surface area (Å²) in [5, 5.41) is 0. The van der Waals surface area contributed by atoms with Gasteiger partial charge in [-0.3, -0.25) is 9.59 Å². The van der Waals surface area contributed by atoms with Gasteiger partial charge in [0, 0.05) is 11.9 Å². The molecule has 0 spiro atoms. The molecule has 2 rings (SSSR count). The molecule has 0 fully saturated rings. The van der Waals surface area contributed by atoms with E-state index in [1.54, 1.807) is 16.8 Å². The molecule has 0 aliphatic heterocycles. The Bertz CT molecular complexity index is 742. The number of hydrogen-bond acceptors (Lipinski definition) is 3. The number of nitrogens with two attached hydrogens (primary N) is 1. The van der Waals surface area contributed by atoms with E-state index in [4.69, 9.17) is 5.73 Å². The summed E-state index contributed by atoms with van der Waals surface area (Å²) in [6.07, 6.45) is 6.33. The molecule has 0 aliphatic rings. The summed E-state index contributed by atoms with van der Waals surface area (Å²) < 4.78 is 1.67. The van der Waals surface area contributed by atoms with E-state index in [9.17, 15) is 9.59 Å². The fraction of sp³-hybridized carbons (Fsp3) is 0.368. The van der Waals surface area contributed by atoms with Gasteiger partial charge in [0.1, 0.15) is 11.4 Å². The Morgan fingerprint density at radius 1 is 1.22 bits per heavy atom. The van der Waals surface area contributed by atoms with Crippen molar-refractivity contribution < 1.29 is 0 Å². The van der Waals surface area contributed by atoms with Crippen LogP contribution in [-0.2, 0) is 0 Å². The van der Waals surface area contributed by atoms with Crippen molar-refractivity contribution in [1.82, 2.24) is 4.57 Å². The van der Waals surface area contributed by atoms with Crippen LogP contribution in [-0.4, -0.2) is 4.57 Å². The number of aromatic nitrogens is 1. The second kappa shape index (κ2) is 9.62. The van der Waals surface area contributed by atoms with Crippen LogP contribution >= 0.6 is 0 Å². The number of nitrogens with zero attached hydrogens (tertiary/aromatic N) is 1. The van der Waals surface area contributed by atoms with E-state index >= 15 is 0 Å². The molecular formula is C19H28N2O2. The highest BCUT2D eigenvalue weighted by Crippen LogP contribution is 2.21. The summed E-state index contributed by atoms with van der Waals surface area (Å²) in [6, 6.07) is 1.89. The molecule has 1 aromatic carbocycles. The van der Waals surface area contributed by atoms with Gasteiger partial charge in [0.05, 0.1) is 0 Å². The fourth-order valence-corrected chi connectivity index (χ4v) is 2.04. The van der Waals surface area contributed by atoms with Crippen molar-refractivity contribution in [2.45, 2.75) is 48.0 Å². The van der Waals surface area contributed by atoms with E-state index < -0.39 is 10.9 Å². The van der Waals surface area contributed by atoms with Crippen LogP contribution in [0.25, 0.3) is 11.8 Å². The van der Waals surface area contributed by atoms with Gasteiger partial charge in [-0.25, -0.2) is 0 Å². The number of rotatable bonds is 4. The van der Waals surface area contributed by atoms with Gasteiger partial charge < -0.3 is 10.3 Å². The van der Waals surface area contributed by atoms with Gasteiger partial charge in [0.15, 0.2) is 0 Å². The molecule has 1 heterocycles. The van der Waals surface area contributed by atoms with E-state index in [1.807, 2.05) is 53.7 Å². The summed E-state index contributed by atoms with van der Waals surface area (Å²) in [4.78, 5) is 22.8. The fourth-order valence-electron chi connectivity index (χ4n) is 2.04. The van der Waals surface area contributed by atoms with E-state index in [2.05, 4.69) is 6.58 Å². The van der Waals surface area contributed by atoms with Crippen molar-refractivity contribution in [3.05, 3.63) is 62.2 Å². The number of aryl methyl sites for hydroxylation is 1. The van der Waals surface area contributed by atoms with E-state index in [0.29, 0.717) is 0 Å². The first-order valence-corrected chi connectivity index (χ1v) is 8.11. The summed E-state index contributed by atoms with van der Waals surface area (Å²) >= 11 is 0. The minimum Gasteiger partial charge on any atom is -0.394 e. The minimum absolute atomic E-state index is 0.0342. The normalized spacial score (nSPS) is 10.4. The molecule has 1 aromatic heterocycles. The number of allylic oxidation sites excluding steroid dienone is 2. The van der Waals surface area contributed by atoms with Crippen molar-refractivity contribution in [2.24, 2.45) is 0 Å². The lowest BCUT2D eigenvalue weighted by Crippen LogP contribution is -2.38. The van der Waals surface area contributed by atoms with Crippen LogP contribution in [0.2, 0.25) is 0 Å². The van der Waals surface area contributed by atoms with Gasteiger partial charge in [-0.2, -0.15) is 0 Å². The lowest BCUT2D eigenvalue weighted by atomic mass is 10.1. The molecule has 0 radical (unpaired) electrons. The number of anilines is 1. The lowest BCUT2D eigenvalue weighted by Gasteiger charge is -2.11. The predicted octanol–water partition coefficient (Wildman–Crippen LogP) is 4.00. The molecule has 0 saturated carbocycles. The Labute approximate surface area is 138 Å². The maximum Gasteiger partial charge on any atom is 0.254 e. The number of hydrogen-bond donors (Lipinski definition) is 1. The highest BCUT2D eigenvalue weighted by Gasteiger charge is 2.21. The first-order valence-electron chi connectivity index (χ1n) is 8.11. The number of nitrogen functional groups attached to an aromatic ring is 1. The third-order valence-electron chi connectivity index (χ3n) is 3.29. The van der Waals surface area contributed by atoms with Crippen LogP contribution in [0.1, 0.15) is 52.3 Å². The molecule has 2 N–H and O–H groups in total. The van der Waals surface area contributed by atoms with Crippen LogP contribution in [0.15, 0.2) is 40.1 Å². The highest BCUT2D eigenvalue weighted by atomic mass is 16.2. The van der Waals surface area contributed by atoms with Gasteiger partial charge in [0.25, 0.3) is 10.9 Å². The summed E-state index contributed by atoms with van der Waals surface area (Å²) in [7, 11) is 0. The molecule has 23 heavy (non-hydrogen) atoms. The molecule has 0 saturated heterocycles. The molecule has 0 bridgehead atoms. The van der Waals surface area contributed by atoms with Crippen LogP contribution in [0.4, 0.5) is 5.69 Å². The Morgan fingerprint density at radius 2 is 1.78 bits per heavy atom. The van der Waals surface area contributed by atoms with Crippen LogP contribution < -0.4 is 16.6 Å². The zero-order valence-corrected chi connectivity index (χ0v) is 15.1. The molecular weight excluding hydrogens is 288 g/mol. The first kappa shape index (κ1) is 20.6. The van der Waals surface area contributed by atoms with E-state index in [0.717, 1.165) is 23.3 Å². The highest BCUT2D eigenvalue weighted by molar-refractivity contribution is 5.68. The molecule has 4 heteroatoms. The SMILES string of the molecule is C=C/C(=C\c1c(C)ccn1-c1c(N)c(=O)c1=O)CC.CC.CC. The van der Waals surface area contributed by atoms with Crippen molar-refractivity contribution in [3.8, 4) is 5.69 Å². The second-order valence-corrected chi connectivity index (χ2v) is 4.45. The Hall–Kier alpha value is -2.36. The van der Waals surface area contributed by atoms with Crippen molar-refractivity contribution >= 4 is 11.8 Å². The van der Waals surface area contributed by atoms with Gasteiger partial charge in [-0.05, 0) is 36.6 Å². The van der Waals surface area contributed by atoms with E-state index in [1.165, 1.54) is 0 Å². The van der Waals surface area contributed by atoms with Crippen LogP contribution in [0.3, 0.4) is 0 Å². The molecule has 0 atom stereocenters. The van der Waals surface area contributed by atoms with Crippen LogP contribution in [0.5, 0.6) is 0 Å². The third kappa shape index (κ3) is 4.09. The zero-order chi connectivity index (χ0) is 18.2.